The first kappa shape index (κ1) is 13.0. The lowest BCUT2D eigenvalue weighted by molar-refractivity contribution is 0.437. The maximum Gasteiger partial charge on any atom is 0.255 e. The van der Waals surface area contributed by atoms with Gasteiger partial charge in [-0.3, -0.25) is 4.40 Å². The van der Waals surface area contributed by atoms with Crippen LogP contribution in [-0.4, -0.2) is 26.6 Å². The van der Waals surface area contributed by atoms with Crippen LogP contribution in [0.2, 0.25) is 0 Å². The van der Waals surface area contributed by atoms with Crippen LogP contribution in [0.15, 0.2) is 54.5 Å². The van der Waals surface area contributed by atoms with Gasteiger partial charge in [0.25, 0.3) is 5.78 Å². The average molecular weight is 292 g/mol. The van der Waals surface area contributed by atoms with Crippen LogP contribution in [0.3, 0.4) is 0 Å². The molecule has 3 N–H and O–H groups in total. The lowest BCUT2D eigenvalue weighted by atomic mass is 9.84. The molecule has 0 spiro atoms. The van der Waals surface area contributed by atoms with Crippen LogP contribution in [0, 0.1) is 0 Å². The van der Waals surface area contributed by atoms with E-state index in [0.717, 1.165) is 22.3 Å². The molecule has 110 valence electrons. The molecule has 1 unspecified atom stereocenters. The summed E-state index contributed by atoms with van der Waals surface area (Å²) in [5.41, 5.74) is 8.40. The Hall–Kier alpha value is -2.73. The van der Waals surface area contributed by atoms with E-state index in [4.69, 9.17) is 10.7 Å². The highest BCUT2D eigenvalue weighted by Gasteiger charge is 2.33. The molecule has 6 heteroatoms. The Morgan fingerprint density at radius 3 is 3.00 bits per heavy atom. The topological polar surface area (TPSA) is 81.1 Å². The summed E-state index contributed by atoms with van der Waals surface area (Å²) in [6, 6.07) is 8.13. The van der Waals surface area contributed by atoms with Gasteiger partial charge in [-0.2, -0.15) is 0 Å². The summed E-state index contributed by atoms with van der Waals surface area (Å²) < 4.78 is 1.90. The largest absolute Gasteiger partial charge is 0.402 e. The molecule has 0 fully saturated rings. The first-order chi connectivity index (χ1) is 10.7. The van der Waals surface area contributed by atoms with E-state index in [0.29, 0.717) is 12.2 Å². The summed E-state index contributed by atoms with van der Waals surface area (Å²) in [7, 11) is 1.92. The highest BCUT2D eigenvalue weighted by molar-refractivity contribution is 5.84. The number of nitrogens with one attached hydrogen (secondary N) is 1. The first-order valence-corrected chi connectivity index (χ1v) is 7.15. The van der Waals surface area contributed by atoms with Crippen molar-refractivity contribution in [3.8, 4) is 0 Å². The Labute approximate surface area is 127 Å². The number of para-hydroxylation sites is 1. The summed E-state index contributed by atoms with van der Waals surface area (Å²) >= 11 is 0. The van der Waals surface area contributed by atoms with Gasteiger partial charge in [0, 0.05) is 17.5 Å². The number of hydrogen-bond acceptors (Lipinski definition) is 5. The fourth-order valence-corrected chi connectivity index (χ4v) is 3.09. The van der Waals surface area contributed by atoms with Crippen molar-refractivity contribution in [1.29, 1.82) is 0 Å². The van der Waals surface area contributed by atoms with Crippen LogP contribution >= 0.6 is 0 Å². The molecule has 1 aliphatic carbocycles. The maximum atomic E-state index is 6.07. The number of aromatic nitrogens is 4. The van der Waals surface area contributed by atoms with Crippen LogP contribution in [0.1, 0.15) is 12.1 Å². The Morgan fingerprint density at radius 1 is 1.32 bits per heavy atom. The molecule has 1 atom stereocenters. The molecule has 1 aliphatic rings. The van der Waals surface area contributed by atoms with Crippen LogP contribution in [0.4, 0.5) is 0 Å². The maximum absolute atomic E-state index is 6.07. The van der Waals surface area contributed by atoms with E-state index in [-0.39, 0.29) is 0 Å². The number of allylic oxidation sites excluding steroid dienone is 2. The van der Waals surface area contributed by atoms with E-state index in [9.17, 15) is 0 Å². The molecule has 1 aromatic carbocycles. The van der Waals surface area contributed by atoms with Gasteiger partial charge in [-0.15, -0.1) is 10.2 Å². The fourth-order valence-electron chi connectivity index (χ4n) is 3.09. The van der Waals surface area contributed by atoms with Gasteiger partial charge in [0.1, 0.15) is 6.33 Å². The number of nitrogens with two attached hydrogens (primary N) is 1. The van der Waals surface area contributed by atoms with E-state index in [2.05, 4.69) is 27.7 Å². The minimum absolute atomic E-state index is 0.438. The number of nitrogens with zero attached hydrogens (tertiary/aromatic N) is 4. The van der Waals surface area contributed by atoms with Crippen molar-refractivity contribution < 1.29 is 0 Å². The molecule has 0 bridgehead atoms. The second kappa shape index (κ2) is 4.64. The quantitative estimate of drug-likeness (QED) is 0.748. The Balaban J connectivity index is 2.08. The minimum Gasteiger partial charge on any atom is -0.402 e. The second-order valence-corrected chi connectivity index (χ2v) is 5.48. The molecule has 2 aromatic heterocycles. The third-order valence-electron chi connectivity index (χ3n) is 4.20. The van der Waals surface area contributed by atoms with Crippen molar-refractivity contribution in [2.45, 2.75) is 12.0 Å². The summed E-state index contributed by atoms with van der Waals surface area (Å²) in [6.45, 7) is 0. The molecule has 0 amide bonds. The summed E-state index contributed by atoms with van der Waals surface area (Å²) in [5.74, 6) is 0.588. The molecule has 0 saturated carbocycles. The first-order valence-electron chi connectivity index (χ1n) is 7.15. The molecule has 2 heterocycles. The van der Waals surface area contributed by atoms with Crippen molar-refractivity contribution >= 4 is 16.7 Å². The number of rotatable bonds is 2. The third-order valence-corrected chi connectivity index (χ3v) is 4.20. The van der Waals surface area contributed by atoms with Crippen LogP contribution in [-0.2, 0) is 5.54 Å². The lowest BCUT2D eigenvalue weighted by Gasteiger charge is -2.33. The zero-order valence-corrected chi connectivity index (χ0v) is 12.2. The molecule has 4 rings (SSSR count). The van der Waals surface area contributed by atoms with Gasteiger partial charge in [-0.25, -0.2) is 4.98 Å². The molecule has 0 aliphatic heterocycles. The van der Waals surface area contributed by atoms with Gasteiger partial charge in [-0.1, -0.05) is 30.4 Å². The average Bonchev–Trinajstić information content (AvgIpc) is 3.03. The van der Waals surface area contributed by atoms with Crippen LogP contribution in [0.25, 0.3) is 16.7 Å². The lowest BCUT2D eigenvalue weighted by Crippen LogP contribution is -2.41. The van der Waals surface area contributed by atoms with Crippen molar-refractivity contribution in [2.75, 3.05) is 7.05 Å². The van der Waals surface area contributed by atoms with Crippen molar-refractivity contribution in [3.05, 3.63) is 60.2 Å². The number of hydrogen-bond donors (Lipinski definition) is 2. The van der Waals surface area contributed by atoms with Gasteiger partial charge in [0.15, 0.2) is 0 Å². The third kappa shape index (κ3) is 1.74. The molecule has 6 nitrogen and oxygen atoms in total. The van der Waals surface area contributed by atoms with E-state index < -0.39 is 5.54 Å². The van der Waals surface area contributed by atoms with Gasteiger partial charge < -0.3 is 11.1 Å². The Kier molecular flexibility index (Phi) is 2.74. The minimum atomic E-state index is -0.438. The summed E-state index contributed by atoms with van der Waals surface area (Å²) in [5, 5.41) is 12.5. The van der Waals surface area contributed by atoms with Crippen molar-refractivity contribution in [2.24, 2.45) is 5.73 Å². The predicted octanol–water partition coefficient (Wildman–Crippen LogP) is 1.49. The monoisotopic (exact) mass is 292 g/mol. The molecular formula is C16H16N6. The van der Waals surface area contributed by atoms with Crippen LogP contribution in [0.5, 0.6) is 0 Å². The van der Waals surface area contributed by atoms with E-state index in [1.54, 1.807) is 6.33 Å². The van der Waals surface area contributed by atoms with E-state index in [1.165, 1.54) is 0 Å². The van der Waals surface area contributed by atoms with Gasteiger partial charge >= 0.3 is 0 Å². The SMILES string of the molecule is CNC1(c2nc3nncn3c3ccccc23)C=CC=C(N)C1. The summed E-state index contributed by atoms with van der Waals surface area (Å²) in [4.78, 5) is 4.76. The second-order valence-electron chi connectivity index (χ2n) is 5.48. The number of benzene rings is 1. The molecular weight excluding hydrogens is 276 g/mol. The van der Waals surface area contributed by atoms with E-state index >= 15 is 0 Å². The smallest absolute Gasteiger partial charge is 0.255 e. The molecule has 3 aromatic rings. The molecule has 22 heavy (non-hydrogen) atoms. The number of likely N-dealkylation sites (N-methyl/N-ethyl adjacent to an activating group) is 1. The fraction of sp³-hybridized carbons (Fsp3) is 0.188. The Morgan fingerprint density at radius 2 is 2.18 bits per heavy atom. The zero-order chi connectivity index (χ0) is 15.2. The van der Waals surface area contributed by atoms with Crippen LogP contribution < -0.4 is 11.1 Å². The van der Waals surface area contributed by atoms with Crippen molar-refractivity contribution in [3.63, 3.8) is 0 Å². The highest BCUT2D eigenvalue weighted by atomic mass is 15.3. The Bertz CT molecular complexity index is 923. The number of fused-ring (bicyclic) bond motifs is 3. The van der Waals surface area contributed by atoms with E-state index in [1.807, 2.05) is 41.8 Å². The molecule has 0 saturated heterocycles. The molecule has 0 radical (unpaired) electrons. The van der Waals surface area contributed by atoms with Crippen molar-refractivity contribution in [1.82, 2.24) is 24.9 Å². The van der Waals surface area contributed by atoms with Gasteiger partial charge in [0.2, 0.25) is 0 Å². The normalized spacial score (nSPS) is 21.4. The summed E-state index contributed by atoms with van der Waals surface area (Å²) in [6.07, 6.45) is 8.35. The van der Waals surface area contributed by atoms with Gasteiger partial charge in [0.05, 0.1) is 16.7 Å². The standard InChI is InChI=1S/C16H16N6/c1-18-16(8-4-5-11(17)9-16)14-12-6-2-3-7-13(12)22-10-19-21-15(22)20-14/h2-8,10,18H,9,17H2,1H3. The highest BCUT2D eigenvalue weighted by Crippen LogP contribution is 2.34. The zero-order valence-electron chi connectivity index (χ0n) is 12.2. The van der Waals surface area contributed by atoms with Gasteiger partial charge in [-0.05, 0) is 19.2 Å². The predicted molar refractivity (Wildman–Crippen MR) is 85.1 cm³/mol.